The number of nitrogens with one attached hydrogen (secondary N) is 2. The number of allylic oxidation sites excluding steroid dienone is 1. The highest BCUT2D eigenvalue weighted by Crippen LogP contribution is 2.38. The van der Waals surface area contributed by atoms with Crippen LogP contribution in [0.1, 0.15) is 27.2 Å². The zero-order valence-electron chi connectivity index (χ0n) is 10.6. The summed E-state index contributed by atoms with van der Waals surface area (Å²) in [4.78, 5) is 12.9. The van der Waals surface area contributed by atoms with Crippen molar-refractivity contribution in [2.24, 2.45) is 0 Å². The van der Waals surface area contributed by atoms with Crippen LogP contribution in [0, 0.1) is 0 Å². The van der Waals surface area contributed by atoms with Gasteiger partial charge < -0.3 is 4.74 Å². The molecular formula is C12H17BrN2O2S. The Hall–Kier alpha value is -0.460. The van der Waals surface area contributed by atoms with Crippen molar-refractivity contribution in [3.63, 3.8) is 0 Å². The standard InChI is InChI=1S/C12H17BrN2O2S/c1-12(2,3)17-11(16)14-7-4-5-8-9(6-7)18-10(13)15-8/h4,6,8,10,15H,5H2,1-3H3,(H,14,16). The van der Waals surface area contributed by atoms with Crippen LogP contribution < -0.4 is 10.6 Å². The van der Waals surface area contributed by atoms with Gasteiger partial charge in [0, 0.05) is 16.6 Å². The second-order valence-corrected chi connectivity index (χ2v) is 7.92. The third-order valence-corrected chi connectivity index (χ3v) is 4.27. The number of carbonyl (C=O) groups is 1. The molecule has 1 aliphatic carbocycles. The van der Waals surface area contributed by atoms with Gasteiger partial charge in [0.15, 0.2) is 0 Å². The SMILES string of the molecule is CC(C)(C)OC(=O)NC1=CCC2NC(Br)SC2=C1. The first kappa shape index (κ1) is 14.0. The molecule has 0 spiro atoms. The topological polar surface area (TPSA) is 50.4 Å². The van der Waals surface area contributed by atoms with Crippen LogP contribution in [0.25, 0.3) is 0 Å². The van der Waals surface area contributed by atoms with Gasteiger partial charge in [-0.2, -0.15) is 0 Å². The minimum Gasteiger partial charge on any atom is -0.444 e. The molecule has 1 heterocycles. The van der Waals surface area contributed by atoms with Gasteiger partial charge >= 0.3 is 6.09 Å². The van der Waals surface area contributed by atoms with E-state index in [-0.39, 0.29) is 4.28 Å². The Kier molecular flexibility index (Phi) is 4.08. The minimum atomic E-state index is -0.473. The number of halogens is 1. The molecule has 100 valence electrons. The lowest BCUT2D eigenvalue weighted by atomic mass is 10.1. The molecular weight excluding hydrogens is 316 g/mol. The van der Waals surface area contributed by atoms with E-state index < -0.39 is 11.7 Å². The van der Waals surface area contributed by atoms with Crippen molar-refractivity contribution in [1.82, 2.24) is 10.6 Å². The van der Waals surface area contributed by atoms with E-state index in [1.807, 2.05) is 32.9 Å². The van der Waals surface area contributed by atoms with Gasteiger partial charge in [-0.3, -0.25) is 10.6 Å². The highest BCUT2D eigenvalue weighted by molar-refractivity contribution is 9.11. The lowest BCUT2D eigenvalue weighted by Crippen LogP contribution is -2.33. The molecule has 1 fully saturated rings. The average molecular weight is 333 g/mol. The van der Waals surface area contributed by atoms with Gasteiger partial charge in [-0.25, -0.2) is 4.79 Å². The number of thioether (sulfide) groups is 1. The number of hydrogen-bond acceptors (Lipinski definition) is 4. The molecule has 0 aromatic rings. The van der Waals surface area contributed by atoms with Gasteiger partial charge in [-0.1, -0.05) is 33.8 Å². The molecule has 1 aliphatic heterocycles. The summed E-state index contributed by atoms with van der Waals surface area (Å²) in [5, 5.41) is 6.16. The van der Waals surface area contributed by atoms with E-state index in [1.54, 1.807) is 11.8 Å². The molecule has 2 N–H and O–H groups in total. The Morgan fingerprint density at radius 3 is 3.00 bits per heavy atom. The maximum absolute atomic E-state index is 11.6. The smallest absolute Gasteiger partial charge is 0.412 e. The molecule has 6 heteroatoms. The Bertz CT molecular complexity index is 415. The van der Waals surface area contributed by atoms with Crippen LogP contribution in [-0.4, -0.2) is 22.0 Å². The number of alkyl carbamates (subject to hydrolysis) is 1. The molecule has 0 aromatic heterocycles. The largest absolute Gasteiger partial charge is 0.444 e. The summed E-state index contributed by atoms with van der Waals surface area (Å²) in [6.45, 7) is 5.55. The van der Waals surface area contributed by atoms with E-state index in [0.29, 0.717) is 6.04 Å². The number of carbonyl (C=O) groups excluding carboxylic acids is 1. The summed E-state index contributed by atoms with van der Waals surface area (Å²) in [7, 11) is 0. The van der Waals surface area contributed by atoms with Gasteiger partial charge in [0.25, 0.3) is 0 Å². The number of rotatable bonds is 1. The summed E-state index contributed by atoms with van der Waals surface area (Å²) in [5.74, 6) is 0. The molecule has 2 atom stereocenters. The molecule has 4 nitrogen and oxygen atoms in total. The van der Waals surface area contributed by atoms with Crippen molar-refractivity contribution in [3.05, 3.63) is 22.8 Å². The zero-order chi connectivity index (χ0) is 13.3. The molecule has 18 heavy (non-hydrogen) atoms. The number of fused-ring (bicyclic) bond motifs is 1. The predicted molar refractivity (Wildman–Crippen MR) is 77.4 cm³/mol. The summed E-state index contributed by atoms with van der Waals surface area (Å²) in [6, 6.07) is 0.364. The molecule has 2 rings (SSSR count). The Morgan fingerprint density at radius 1 is 1.61 bits per heavy atom. The second kappa shape index (κ2) is 5.27. The van der Waals surface area contributed by atoms with Crippen LogP contribution >= 0.6 is 27.7 Å². The number of amides is 1. The van der Waals surface area contributed by atoms with Crippen LogP contribution in [0.5, 0.6) is 0 Å². The van der Waals surface area contributed by atoms with Gasteiger partial charge in [-0.15, -0.1) is 0 Å². The van der Waals surface area contributed by atoms with Gasteiger partial charge in [0.05, 0.1) is 0 Å². The van der Waals surface area contributed by atoms with E-state index in [0.717, 1.165) is 12.1 Å². The normalized spacial score (nSPS) is 27.1. The van der Waals surface area contributed by atoms with Crippen LogP contribution in [-0.2, 0) is 4.74 Å². The number of alkyl halides is 1. The van der Waals surface area contributed by atoms with Crippen LogP contribution in [0.15, 0.2) is 22.8 Å². The van der Waals surface area contributed by atoms with Gasteiger partial charge in [0.2, 0.25) is 0 Å². The Labute approximate surface area is 120 Å². The highest BCUT2D eigenvalue weighted by atomic mass is 79.9. The summed E-state index contributed by atoms with van der Waals surface area (Å²) < 4.78 is 5.47. The average Bonchev–Trinajstić information content (AvgIpc) is 2.53. The maximum atomic E-state index is 11.6. The van der Waals surface area contributed by atoms with E-state index in [1.165, 1.54) is 4.91 Å². The second-order valence-electron chi connectivity index (χ2n) is 5.22. The van der Waals surface area contributed by atoms with Crippen molar-refractivity contribution >= 4 is 33.8 Å². The van der Waals surface area contributed by atoms with Crippen molar-refractivity contribution in [3.8, 4) is 0 Å². The van der Waals surface area contributed by atoms with Gasteiger partial charge in [0.1, 0.15) is 9.88 Å². The summed E-state index contributed by atoms with van der Waals surface area (Å²) in [6.07, 6.45) is 4.48. The van der Waals surface area contributed by atoms with Crippen LogP contribution in [0.4, 0.5) is 4.79 Å². The monoisotopic (exact) mass is 332 g/mol. The predicted octanol–water partition coefficient (Wildman–Crippen LogP) is 3.07. The zero-order valence-corrected chi connectivity index (χ0v) is 13.0. The van der Waals surface area contributed by atoms with E-state index in [4.69, 9.17) is 4.74 Å². The number of hydrogen-bond donors (Lipinski definition) is 2. The van der Waals surface area contributed by atoms with Crippen molar-refractivity contribution in [1.29, 1.82) is 0 Å². The van der Waals surface area contributed by atoms with Crippen molar-refractivity contribution < 1.29 is 9.53 Å². The van der Waals surface area contributed by atoms with E-state index >= 15 is 0 Å². The lowest BCUT2D eigenvalue weighted by molar-refractivity contribution is 0.0547. The number of ether oxygens (including phenoxy) is 1. The molecule has 0 aromatic carbocycles. The molecule has 2 aliphatic rings. The van der Waals surface area contributed by atoms with Gasteiger partial charge in [-0.05, 0) is 33.3 Å². The van der Waals surface area contributed by atoms with Crippen LogP contribution in [0.3, 0.4) is 0 Å². The molecule has 0 bridgehead atoms. The Balaban J connectivity index is 1.94. The molecule has 1 amide bonds. The fourth-order valence-electron chi connectivity index (χ4n) is 1.76. The first-order valence-corrected chi connectivity index (χ1v) is 7.61. The van der Waals surface area contributed by atoms with E-state index in [2.05, 4.69) is 26.6 Å². The van der Waals surface area contributed by atoms with Crippen molar-refractivity contribution in [2.75, 3.05) is 0 Å². The summed E-state index contributed by atoms with van der Waals surface area (Å²) >= 11 is 5.24. The molecule has 0 radical (unpaired) electrons. The first-order valence-electron chi connectivity index (χ1n) is 5.82. The summed E-state index contributed by atoms with van der Waals surface area (Å²) in [5.41, 5.74) is 0.339. The minimum absolute atomic E-state index is 0.253. The quantitative estimate of drug-likeness (QED) is 0.572. The highest BCUT2D eigenvalue weighted by Gasteiger charge is 2.29. The Morgan fingerprint density at radius 2 is 2.33 bits per heavy atom. The first-order chi connectivity index (χ1) is 8.33. The molecule has 1 saturated heterocycles. The van der Waals surface area contributed by atoms with Crippen molar-refractivity contribution in [2.45, 2.75) is 43.1 Å². The fraction of sp³-hybridized carbons (Fsp3) is 0.583. The van der Waals surface area contributed by atoms with Crippen LogP contribution in [0.2, 0.25) is 0 Å². The lowest BCUT2D eigenvalue weighted by Gasteiger charge is -2.21. The molecule has 0 saturated carbocycles. The fourth-order valence-corrected chi connectivity index (χ4v) is 3.72. The third-order valence-electron chi connectivity index (χ3n) is 2.43. The third kappa shape index (κ3) is 3.76. The maximum Gasteiger partial charge on any atom is 0.412 e. The molecule has 2 unspecified atom stereocenters. The van der Waals surface area contributed by atoms with E-state index in [9.17, 15) is 4.79 Å².